The highest BCUT2D eigenvalue weighted by Crippen LogP contribution is 2.21. The molecule has 0 saturated carbocycles. The largest absolute Gasteiger partial charge is 0.376 e. The Labute approximate surface area is 171 Å². The van der Waals surface area contributed by atoms with Gasteiger partial charge in [0, 0.05) is 29.2 Å². The van der Waals surface area contributed by atoms with Gasteiger partial charge in [-0.3, -0.25) is 9.59 Å². The minimum atomic E-state index is -0.169. The summed E-state index contributed by atoms with van der Waals surface area (Å²) in [5.41, 5.74) is 3.96. The van der Waals surface area contributed by atoms with Gasteiger partial charge in [-0.05, 0) is 55.8 Å². The van der Waals surface area contributed by atoms with E-state index in [0.29, 0.717) is 17.8 Å². The van der Waals surface area contributed by atoms with Gasteiger partial charge in [0.25, 0.3) is 5.91 Å². The van der Waals surface area contributed by atoms with Crippen LogP contribution >= 0.6 is 0 Å². The average Bonchev–Trinajstić information content (AvgIpc) is 2.76. The van der Waals surface area contributed by atoms with E-state index in [-0.39, 0.29) is 18.4 Å². The predicted octanol–water partition coefficient (Wildman–Crippen LogP) is 4.71. The molecular weight excluding hydrogens is 362 g/mol. The number of anilines is 3. The third-order valence-corrected chi connectivity index (χ3v) is 4.65. The SMILES string of the molecule is CCN(C(=O)CNc1cc(NC(=O)c2ccccc2)ccc1C)c1ccccc1. The molecule has 29 heavy (non-hydrogen) atoms. The summed E-state index contributed by atoms with van der Waals surface area (Å²) in [6.45, 7) is 4.68. The van der Waals surface area contributed by atoms with Crippen molar-refractivity contribution in [2.45, 2.75) is 13.8 Å². The van der Waals surface area contributed by atoms with Crippen LogP contribution in [0.2, 0.25) is 0 Å². The number of hydrogen-bond donors (Lipinski definition) is 2. The van der Waals surface area contributed by atoms with Crippen LogP contribution in [0.5, 0.6) is 0 Å². The number of amides is 2. The van der Waals surface area contributed by atoms with Crippen molar-refractivity contribution in [2.75, 3.05) is 28.6 Å². The van der Waals surface area contributed by atoms with E-state index in [2.05, 4.69) is 10.6 Å². The van der Waals surface area contributed by atoms with Gasteiger partial charge in [-0.2, -0.15) is 0 Å². The number of carbonyl (C=O) groups excluding carboxylic acids is 2. The van der Waals surface area contributed by atoms with E-state index in [1.54, 1.807) is 17.0 Å². The van der Waals surface area contributed by atoms with E-state index in [0.717, 1.165) is 16.9 Å². The molecule has 148 valence electrons. The van der Waals surface area contributed by atoms with Crippen molar-refractivity contribution < 1.29 is 9.59 Å². The van der Waals surface area contributed by atoms with E-state index in [4.69, 9.17) is 0 Å². The molecule has 0 aliphatic rings. The molecule has 0 spiro atoms. The van der Waals surface area contributed by atoms with Crippen LogP contribution in [-0.2, 0) is 4.79 Å². The van der Waals surface area contributed by atoms with Crippen molar-refractivity contribution in [3.63, 3.8) is 0 Å². The molecule has 0 saturated heterocycles. The zero-order chi connectivity index (χ0) is 20.6. The van der Waals surface area contributed by atoms with E-state index in [1.165, 1.54) is 0 Å². The summed E-state index contributed by atoms with van der Waals surface area (Å²) in [6, 6.07) is 24.3. The molecule has 0 bridgehead atoms. The quantitative estimate of drug-likeness (QED) is 0.617. The maximum Gasteiger partial charge on any atom is 0.255 e. The summed E-state index contributed by atoms with van der Waals surface area (Å²) in [5, 5.41) is 6.11. The van der Waals surface area contributed by atoms with Crippen LogP contribution in [0.25, 0.3) is 0 Å². The van der Waals surface area contributed by atoms with Crippen LogP contribution < -0.4 is 15.5 Å². The fraction of sp³-hybridized carbons (Fsp3) is 0.167. The number of rotatable bonds is 7. The van der Waals surface area contributed by atoms with Crippen LogP contribution in [0.1, 0.15) is 22.8 Å². The Morgan fingerprint density at radius 2 is 1.55 bits per heavy atom. The van der Waals surface area contributed by atoms with Gasteiger partial charge < -0.3 is 15.5 Å². The molecule has 2 N–H and O–H groups in total. The first-order valence-corrected chi connectivity index (χ1v) is 9.65. The molecular formula is C24H25N3O2. The Hall–Kier alpha value is -3.60. The first-order valence-electron chi connectivity index (χ1n) is 9.65. The molecule has 2 amide bonds. The molecule has 0 aliphatic carbocycles. The van der Waals surface area contributed by atoms with E-state index in [1.807, 2.05) is 80.6 Å². The number of carbonyl (C=O) groups is 2. The lowest BCUT2D eigenvalue weighted by Gasteiger charge is -2.22. The van der Waals surface area contributed by atoms with Gasteiger partial charge in [-0.1, -0.05) is 42.5 Å². The first-order chi connectivity index (χ1) is 14.1. The lowest BCUT2D eigenvalue weighted by atomic mass is 10.1. The second-order valence-electron chi connectivity index (χ2n) is 6.68. The number of benzene rings is 3. The fourth-order valence-corrected chi connectivity index (χ4v) is 3.06. The number of nitrogens with zero attached hydrogens (tertiary/aromatic N) is 1. The number of hydrogen-bond acceptors (Lipinski definition) is 3. The van der Waals surface area contributed by atoms with Gasteiger partial charge in [-0.25, -0.2) is 0 Å². The molecule has 5 nitrogen and oxygen atoms in total. The van der Waals surface area contributed by atoms with E-state index < -0.39 is 0 Å². The highest BCUT2D eigenvalue weighted by molar-refractivity contribution is 6.04. The summed E-state index contributed by atoms with van der Waals surface area (Å²) < 4.78 is 0. The minimum absolute atomic E-state index is 0.0168. The summed E-state index contributed by atoms with van der Waals surface area (Å²) in [7, 11) is 0. The lowest BCUT2D eigenvalue weighted by molar-refractivity contribution is -0.116. The second kappa shape index (κ2) is 9.55. The van der Waals surface area contributed by atoms with Crippen molar-refractivity contribution in [3.8, 4) is 0 Å². The number of para-hydroxylation sites is 1. The molecule has 5 heteroatoms. The van der Waals surface area contributed by atoms with Gasteiger partial charge in [0.1, 0.15) is 0 Å². The van der Waals surface area contributed by atoms with Crippen molar-refractivity contribution in [2.24, 2.45) is 0 Å². The van der Waals surface area contributed by atoms with Gasteiger partial charge in [0.15, 0.2) is 0 Å². The molecule has 0 heterocycles. The molecule has 3 rings (SSSR count). The monoisotopic (exact) mass is 387 g/mol. The zero-order valence-corrected chi connectivity index (χ0v) is 16.7. The normalized spacial score (nSPS) is 10.3. The zero-order valence-electron chi connectivity index (χ0n) is 16.7. The Balaban J connectivity index is 1.67. The number of aryl methyl sites for hydroxylation is 1. The van der Waals surface area contributed by atoms with Gasteiger partial charge in [0.05, 0.1) is 6.54 Å². The third kappa shape index (κ3) is 5.23. The maximum atomic E-state index is 12.7. The van der Waals surface area contributed by atoms with Gasteiger partial charge in [-0.15, -0.1) is 0 Å². The van der Waals surface area contributed by atoms with Crippen molar-refractivity contribution in [1.29, 1.82) is 0 Å². The highest BCUT2D eigenvalue weighted by Gasteiger charge is 2.14. The molecule has 0 unspecified atom stereocenters. The van der Waals surface area contributed by atoms with Crippen molar-refractivity contribution in [3.05, 3.63) is 90.0 Å². The molecule has 0 aliphatic heterocycles. The van der Waals surface area contributed by atoms with Crippen LogP contribution in [-0.4, -0.2) is 24.9 Å². The molecule has 3 aromatic carbocycles. The summed E-state index contributed by atoms with van der Waals surface area (Å²) in [4.78, 5) is 26.8. The topological polar surface area (TPSA) is 61.4 Å². The minimum Gasteiger partial charge on any atom is -0.376 e. The fourth-order valence-electron chi connectivity index (χ4n) is 3.06. The Morgan fingerprint density at radius 1 is 0.897 bits per heavy atom. The Bertz CT molecular complexity index is 972. The molecule has 0 radical (unpaired) electrons. The molecule has 0 aromatic heterocycles. The van der Waals surface area contributed by atoms with Crippen LogP contribution in [0.15, 0.2) is 78.9 Å². The smallest absolute Gasteiger partial charge is 0.255 e. The predicted molar refractivity (Wildman–Crippen MR) is 119 cm³/mol. The Morgan fingerprint density at radius 3 is 2.21 bits per heavy atom. The van der Waals surface area contributed by atoms with Gasteiger partial charge >= 0.3 is 0 Å². The molecule has 0 fully saturated rings. The number of nitrogens with one attached hydrogen (secondary N) is 2. The van der Waals surface area contributed by atoms with Crippen LogP contribution in [0, 0.1) is 6.92 Å². The average molecular weight is 387 g/mol. The number of likely N-dealkylation sites (N-methyl/N-ethyl adjacent to an activating group) is 1. The van der Waals surface area contributed by atoms with Gasteiger partial charge in [0.2, 0.25) is 5.91 Å². The van der Waals surface area contributed by atoms with Crippen molar-refractivity contribution >= 4 is 28.9 Å². The van der Waals surface area contributed by atoms with Crippen molar-refractivity contribution in [1.82, 2.24) is 0 Å². The Kier molecular flexibility index (Phi) is 6.63. The molecule has 3 aromatic rings. The lowest BCUT2D eigenvalue weighted by Crippen LogP contribution is -2.35. The van der Waals surface area contributed by atoms with E-state index >= 15 is 0 Å². The van der Waals surface area contributed by atoms with Crippen LogP contribution in [0.3, 0.4) is 0 Å². The standard InChI is InChI=1S/C24H25N3O2/c1-3-27(21-12-8-5-9-13-21)23(28)17-25-22-16-20(15-14-18(22)2)26-24(29)19-10-6-4-7-11-19/h4-16,25H,3,17H2,1-2H3,(H,26,29). The second-order valence-corrected chi connectivity index (χ2v) is 6.68. The van der Waals surface area contributed by atoms with Crippen LogP contribution in [0.4, 0.5) is 17.1 Å². The summed E-state index contributed by atoms with van der Waals surface area (Å²) >= 11 is 0. The highest BCUT2D eigenvalue weighted by atomic mass is 16.2. The van der Waals surface area contributed by atoms with E-state index in [9.17, 15) is 9.59 Å². The summed E-state index contributed by atoms with van der Waals surface area (Å²) in [6.07, 6.45) is 0. The molecule has 0 atom stereocenters. The maximum absolute atomic E-state index is 12.7. The third-order valence-electron chi connectivity index (χ3n) is 4.65. The first kappa shape index (κ1) is 20.1. The summed E-state index contributed by atoms with van der Waals surface area (Å²) in [5.74, 6) is -0.186.